The van der Waals surface area contributed by atoms with Crippen molar-refractivity contribution in [3.05, 3.63) is 77.7 Å². The maximum atomic E-state index is 14.8. The molecule has 2 aromatic carbocycles. The van der Waals surface area contributed by atoms with Gasteiger partial charge in [-0.3, -0.25) is 0 Å². The highest BCUT2D eigenvalue weighted by molar-refractivity contribution is 5.73. The summed E-state index contributed by atoms with van der Waals surface area (Å²) in [5.74, 6) is -4.59. The second-order valence-electron chi connectivity index (χ2n) is 8.09. The molecule has 11 heteroatoms. The summed E-state index contributed by atoms with van der Waals surface area (Å²) in [6, 6.07) is 11.3. The van der Waals surface area contributed by atoms with Crippen LogP contribution >= 0.6 is 0 Å². The summed E-state index contributed by atoms with van der Waals surface area (Å²) >= 11 is 0. The van der Waals surface area contributed by atoms with Gasteiger partial charge in [0.25, 0.3) is 12.3 Å². The van der Waals surface area contributed by atoms with Gasteiger partial charge in [0.1, 0.15) is 11.6 Å². The molecule has 1 atom stereocenters. The molecule has 0 bridgehead atoms. The summed E-state index contributed by atoms with van der Waals surface area (Å²) in [7, 11) is 0. The van der Waals surface area contributed by atoms with E-state index in [1.807, 2.05) is 0 Å². The predicted molar refractivity (Wildman–Crippen MR) is 119 cm³/mol. The Bertz CT molecular complexity index is 1340. The van der Waals surface area contributed by atoms with Gasteiger partial charge in [0.15, 0.2) is 11.2 Å². The number of nitrogen functional groups attached to an aromatic ring is 1. The Balaban J connectivity index is 1.57. The highest BCUT2D eigenvalue weighted by Crippen LogP contribution is 2.41. The second-order valence-corrected chi connectivity index (χ2v) is 8.09. The van der Waals surface area contributed by atoms with Crippen LogP contribution in [-0.2, 0) is 5.60 Å². The van der Waals surface area contributed by atoms with Crippen LogP contribution in [0.2, 0.25) is 0 Å². The van der Waals surface area contributed by atoms with Gasteiger partial charge in [-0.2, -0.15) is 4.98 Å². The van der Waals surface area contributed by atoms with Crippen LogP contribution in [0.5, 0.6) is 5.75 Å². The minimum Gasteiger partial charge on any atom is -0.493 e. The monoisotopic (exact) mass is 492 g/mol. The lowest BCUT2D eigenvalue weighted by Crippen LogP contribution is -2.43. The lowest BCUT2D eigenvalue weighted by molar-refractivity contribution is -0.184. The highest BCUT2D eigenvalue weighted by atomic mass is 19.3. The fourth-order valence-corrected chi connectivity index (χ4v) is 3.73. The third-order valence-corrected chi connectivity index (χ3v) is 5.74. The number of alkyl halides is 4. The smallest absolute Gasteiger partial charge is 0.283 e. The number of rotatable bonds is 8. The largest absolute Gasteiger partial charge is 0.493 e. The molecule has 1 unspecified atom stereocenters. The predicted octanol–water partition coefficient (Wildman–Crippen LogP) is 5.37. The number of nitrogens with two attached hydrogens (primary N) is 1. The molecular formula is C24H21F5N4O2. The van der Waals surface area contributed by atoms with Gasteiger partial charge in [0.2, 0.25) is 5.95 Å². The quantitative estimate of drug-likeness (QED) is 0.323. The number of hydrogen-bond donors (Lipinski definition) is 2. The van der Waals surface area contributed by atoms with Gasteiger partial charge in [-0.15, -0.1) is 5.10 Å². The summed E-state index contributed by atoms with van der Waals surface area (Å²) in [6.45, 7) is 0.242. The molecule has 0 saturated carbocycles. The molecule has 0 amide bonds. The molecule has 0 spiro atoms. The van der Waals surface area contributed by atoms with Gasteiger partial charge < -0.3 is 15.6 Å². The first-order valence-electron chi connectivity index (χ1n) is 10.5. The minimum absolute atomic E-state index is 0.0192. The van der Waals surface area contributed by atoms with Crippen molar-refractivity contribution in [2.24, 2.45) is 0 Å². The van der Waals surface area contributed by atoms with Gasteiger partial charge >= 0.3 is 0 Å². The number of fused-ring (bicyclic) bond motifs is 1. The zero-order valence-electron chi connectivity index (χ0n) is 18.4. The number of nitrogens with zero attached hydrogens (tertiary/aromatic N) is 3. The Labute approximate surface area is 196 Å². The van der Waals surface area contributed by atoms with Crippen LogP contribution in [0.4, 0.5) is 27.9 Å². The van der Waals surface area contributed by atoms with Crippen LogP contribution in [0.25, 0.3) is 16.8 Å². The lowest BCUT2D eigenvalue weighted by Gasteiger charge is -2.33. The van der Waals surface area contributed by atoms with Crippen molar-refractivity contribution in [3.63, 3.8) is 0 Å². The molecule has 0 aliphatic rings. The SMILES string of the molecule is CC(O)(c1ccc(F)cc1)C(F)(F)CCOc1cccc(-c2ccn3nc(N)nc3c2)c1C(F)F. The van der Waals surface area contributed by atoms with Crippen molar-refractivity contribution < 1.29 is 31.8 Å². The van der Waals surface area contributed by atoms with Crippen molar-refractivity contribution in [3.8, 4) is 16.9 Å². The molecule has 0 fully saturated rings. The van der Waals surface area contributed by atoms with Gasteiger partial charge in [-0.25, -0.2) is 26.5 Å². The van der Waals surface area contributed by atoms with E-state index in [4.69, 9.17) is 10.5 Å². The molecule has 2 aromatic heterocycles. The van der Waals surface area contributed by atoms with Gasteiger partial charge in [-0.05, 0) is 53.9 Å². The van der Waals surface area contributed by atoms with E-state index in [-0.39, 0.29) is 22.8 Å². The van der Waals surface area contributed by atoms with Crippen molar-refractivity contribution in [2.75, 3.05) is 12.3 Å². The van der Waals surface area contributed by atoms with Crippen LogP contribution in [0.3, 0.4) is 0 Å². The molecule has 0 aliphatic carbocycles. The maximum Gasteiger partial charge on any atom is 0.283 e. The molecule has 2 heterocycles. The van der Waals surface area contributed by atoms with Crippen molar-refractivity contribution in [2.45, 2.75) is 31.3 Å². The number of benzene rings is 2. The molecule has 3 N–H and O–H groups in total. The van der Waals surface area contributed by atoms with E-state index in [1.54, 1.807) is 6.07 Å². The topological polar surface area (TPSA) is 85.7 Å². The average Bonchev–Trinajstić information content (AvgIpc) is 3.18. The summed E-state index contributed by atoms with van der Waals surface area (Å²) < 4.78 is 77.7. The zero-order chi connectivity index (χ0) is 25.4. The van der Waals surface area contributed by atoms with E-state index in [0.717, 1.165) is 31.2 Å². The summed E-state index contributed by atoms with van der Waals surface area (Å²) in [6.07, 6.45) is -2.44. The van der Waals surface area contributed by atoms with E-state index in [0.29, 0.717) is 11.2 Å². The third-order valence-electron chi connectivity index (χ3n) is 5.74. The number of hydrogen-bond acceptors (Lipinski definition) is 5. The van der Waals surface area contributed by atoms with E-state index < -0.39 is 42.4 Å². The number of anilines is 1. The molecule has 4 aromatic rings. The van der Waals surface area contributed by atoms with Crippen LogP contribution in [0.15, 0.2) is 60.8 Å². The Kier molecular flexibility index (Phi) is 6.37. The van der Waals surface area contributed by atoms with Crippen molar-refractivity contribution in [1.82, 2.24) is 14.6 Å². The molecule has 0 radical (unpaired) electrons. The molecule has 0 aliphatic heterocycles. The van der Waals surface area contributed by atoms with E-state index >= 15 is 0 Å². The molecular weight excluding hydrogens is 471 g/mol. The summed E-state index contributed by atoms with van der Waals surface area (Å²) in [4.78, 5) is 4.01. The highest BCUT2D eigenvalue weighted by Gasteiger charge is 2.50. The number of aromatic nitrogens is 3. The fraction of sp³-hybridized carbons (Fsp3) is 0.250. The first-order valence-corrected chi connectivity index (χ1v) is 10.5. The van der Waals surface area contributed by atoms with Crippen LogP contribution in [-0.4, -0.2) is 32.2 Å². The van der Waals surface area contributed by atoms with Crippen LogP contribution < -0.4 is 10.5 Å². The van der Waals surface area contributed by atoms with Crippen LogP contribution in [0.1, 0.15) is 30.9 Å². The Morgan fingerprint density at radius 1 is 1.11 bits per heavy atom. The standard InChI is InChI=1S/C24H21F5N4O2/c1-23(34,15-5-7-16(25)8-6-15)24(28,29)10-12-35-18-4-2-3-17(20(18)21(26)27)14-9-11-33-19(13-14)31-22(30)32-33/h2-9,11,13,21,34H,10,12H2,1H3,(H2,30,32). The molecule has 4 rings (SSSR count). The average molecular weight is 492 g/mol. The zero-order valence-corrected chi connectivity index (χ0v) is 18.4. The number of ether oxygens (including phenoxy) is 1. The minimum atomic E-state index is -3.70. The van der Waals surface area contributed by atoms with Crippen molar-refractivity contribution in [1.29, 1.82) is 0 Å². The molecule has 184 valence electrons. The van der Waals surface area contributed by atoms with Crippen LogP contribution in [0, 0.1) is 5.82 Å². The molecule has 6 nitrogen and oxygen atoms in total. The molecule has 0 saturated heterocycles. The Morgan fingerprint density at radius 2 is 1.83 bits per heavy atom. The molecule has 35 heavy (non-hydrogen) atoms. The summed E-state index contributed by atoms with van der Waals surface area (Å²) in [5, 5.41) is 14.4. The summed E-state index contributed by atoms with van der Waals surface area (Å²) in [5.41, 5.74) is 3.13. The first kappa shape index (κ1) is 24.4. The number of halogens is 5. The fourth-order valence-electron chi connectivity index (χ4n) is 3.73. The van der Waals surface area contributed by atoms with E-state index in [9.17, 15) is 27.1 Å². The van der Waals surface area contributed by atoms with Gasteiger partial charge in [-0.1, -0.05) is 24.3 Å². The Morgan fingerprint density at radius 3 is 2.51 bits per heavy atom. The third kappa shape index (κ3) is 4.76. The number of aliphatic hydroxyl groups is 1. The second kappa shape index (κ2) is 9.14. The van der Waals surface area contributed by atoms with Gasteiger partial charge in [0.05, 0.1) is 12.2 Å². The Hall–Kier alpha value is -3.73. The van der Waals surface area contributed by atoms with Gasteiger partial charge in [0, 0.05) is 12.6 Å². The number of pyridine rings is 1. The lowest BCUT2D eigenvalue weighted by atomic mass is 9.87. The normalized spacial score (nSPS) is 13.8. The van der Waals surface area contributed by atoms with Crippen molar-refractivity contribution >= 4 is 11.6 Å². The first-order chi connectivity index (χ1) is 16.5. The van der Waals surface area contributed by atoms with E-state index in [2.05, 4.69) is 10.1 Å². The van der Waals surface area contributed by atoms with E-state index in [1.165, 1.54) is 35.0 Å². The maximum absolute atomic E-state index is 14.8.